The highest BCUT2D eigenvalue weighted by molar-refractivity contribution is 7.92. The van der Waals surface area contributed by atoms with Crippen LogP contribution in [-0.4, -0.2) is 8.42 Å². The third-order valence-corrected chi connectivity index (χ3v) is 4.76. The number of anilines is 1. The van der Waals surface area contributed by atoms with Crippen LogP contribution in [0.25, 0.3) is 0 Å². The SMILES string of the molecule is CCCCc1ccc(S(=O)(=O)Nc2cccc(Cl)c2)cc1. The minimum absolute atomic E-state index is 0.253. The van der Waals surface area contributed by atoms with Crippen LogP contribution in [0.5, 0.6) is 0 Å². The highest BCUT2D eigenvalue weighted by Gasteiger charge is 2.14. The first-order chi connectivity index (χ1) is 10.0. The predicted molar refractivity (Wildman–Crippen MR) is 87.3 cm³/mol. The van der Waals surface area contributed by atoms with E-state index in [0.29, 0.717) is 10.7 Å². The quantitative estimate of drug-likeness (QED) is 0.851. The predicted octanol–water partition coefficient (Wildman–Crippen LogP) is 4.48. The van der Waals surface area contributed by atoms with Gasteiger partial charge in [0.05, 0.1) is 10.6 Å². The van der Waals surface area contributed by atoms with Crippen molar-refractivity contribution in [3.63, 3.8) is 0 Å². The molecule has 0 aliphatic rings. The Kier molecular flexibility index (Phi) is 5.26. The van der Waals surface area contributed by atoms with E-state index in [4.69, 9.17) is 11.6 Å². The second-order valence-electron chi connectivity index (χ2n) is 4.86. The molecule has 2 rings (SSSR count). The van der Waals surface area contributed by atoms with Crippen LogP contribution in [0, 0.1) is 0 Å². The normalized spacial score (nSPS) is 11.3. The van der Waals surface area contributed by atoms with Crippen LogP contribution in [0.2, 0.25) is 5.02 Å². The van der Waals surface area contributed by atoms with Gasteiger partial charge in [0.1, 0.15) is 0 Å². The third-order valence-electron chi connectivity index (χ3n) is 3.13. The minimum Gasteiger partial charge on any atom is -0.280 e. The number of nitrogens with one attached hydrogen (secondary N) is 1. The summed E-state index contributed by atoms with van der Waals surface area (Å²) in [5, 5.41) is 0.491. The molecule has 21 heavy (non-hydrogen) atoms. The molecule has 0 amide bonds. The summed E-state index contributed by atoms with van der Waals surface area (Å²) < 4.78 is 27.1. The molecule has 0 saturated carbocycles. The van der Waals surface area contributed by atoms with E-state index in [1.807, 2.05) is 12.1 Å². The zero-order valence-corrected chi connectivity index (χ0v) is 13.4. The van der Waals surface area contributed by atoms with Gasteiger partial charge in [-0.15, -0.1) is 0 Å². The van der Waals surface area contributed by atoms with Gasteiger partial charge in [-0.1, -0.05) is 43.1 Å². The van der Waals surface area contributed by atoms with Gasteiger partial charge in [-0.25, -0.2) is 8.42 Å². The first-order valence-corrected chi connectivity index (χ1v) is 8.75. The molecule has 0 spiro atoms. The lowest BCUT2D eigenvalue weighted by atomic mass is 10.1. The van der Waals surface area contributed by atoms with Gasteiger partial charge < -0.3 is 0 Å². The second kappa shape index (κ2) is 6.96. The van der Waals surface area contributed by atoms with Gasteiger partial charge in [0.25, 0.3) is 10.0 Å². The van der Waals surface area contributed by atoms with Gasteiger partial charge in [-0.05, 0) is 48.7 Å². The number of sulfonamides is 1. The lowest BCUT2D eigenvalue weighted by molar-refractivity contribution is 0.601. The average Bonchev–Trinajstić information content (AvgIpc) is 2.45. The average molecular weight is 324 g/mol. The Morgan fingerprint density at radius 2 is 1.81 bits per heavy atom. The van der Waals surface area contributed by atoms with E-state index in [0.717, 1.165) is 24.8 Å². The van der Waals surface area contributed by atoms with E-state index < -0.39 is 10.0 Å². The summed E-state index contributed by atoms with van der Waals surface area (Å²) in [7, 11) is -3.58. The molecule has 0 bridgehead atoms. The smallest absolute Gasteiger partial charge is 0.261 e. The molecular formula is C16H18ClNO2S. The largest absolute Gasteiger partial charge is 0.280 e. The van der Waals surface area contributed by atoms with E-state index in [2.05, 4.69) is 11.6 Å². The molecule has 112 valence electrons. The Hall–Kier alpha value is -1.52. The van der Waals surface area contributed by atoms with E-state index >= 15 is 0 Å². The lowest BCUT2D eigenvalue weighted by Gasteiger charge is -2.09. The molecule has 2 aromatic carbocycles. The zero-order valence-electron chi connectivity index (χ0n) is 11.8. The van der Waals surface area contributed by atoms with Gasteiger partial charge in [0.15, 0.2) is 0 Å². The summed E-state index contributed by atoms with van der Waals surface area (Å²) in [6.45, 7) is 2.13. The molecule has 0 aromatic heterocycles. The van der Waals surface area contributed by atoms with Gasteiger partial charge in [0, 0.05) is 5.02 Å². The number of unbranched alkanes of at least 4 members (excludes halogenated alkanes) is 1. The number of hydrogen-bond acceptors (Lipinski definition) is 2. The summed E-state index contributed by atoms with van der Waals surface area (Å²) >= 11 is 5.85. The molecule has 0 unspecified atom stereocenters. The van der Waals surface area contributed by atoms with Crippen LogP contribution in [0.4, 0.5) is 5.69 Å². The second-order valence-corrected chi connectivity index (χ2v) is 6.98. The zero-order chi connectivity index (χ0) is 15.3. The van der Waals surface area contributed by atoms with Gasteiger partial charge >= 0.3 is 0 Å². The Morgan fingerprint density at radius 3 is 2.43 bits per heavy atom. The maximum absolute atomic E-state index is 12.3. The molecule has 1 N–H and O–H groups in total. The van der Waals surface area contributed by atoms with Crippen molar-refractivity contribution in [1.29, 1.82) is 0 Å². The van der Waals surface area contributed by atoms with E-state index in [-0.39, 0.29) is 4.90 Å². The fourth-order valence-electron chi connectivity index (χ4n) is 1.98. The number of halogens is 1. The van der Waals surface area contributed by atoms with Gasteiger partial charge in [-0.3, -0.25) is 4.72 Å². The molecule has 0 aliphatic carbocycles. The Bertz CT molecular complexity index is 696. The minimum atomic E-state index is -3.58. The molecule has 0 radical (unpaired) electrons. The standard InChI is InChI=1S/C16H18ClNO2S/c1-2-3-5-13-8-10-16(11-9-13)21(19,20)18-15-7-4-6-14(17)12-15/h4,6-12,18H,2-3,5H2,1H3. The highest BCUT2D eigenvalue weighted by Crippen LogP contribution is 2.20. The molecule has 0 aliphatic heterocycles. The van der Waals surface area contributed by atoms with E-state index in [1.165, 1.54) is 0 Å². The summed E-state index contributed by atoms with van der Waals surface area (Å²) in [5.74, 6) is 0. The molecule has 0 heterocycles. The lowest BCUT2D eigenvalue weighted by Crippen LogP contribution is -2.12. The fourth-order valence-corrected chi connectivity index (χ4v) is 3.22. The molecular weight excluding hydrogens is 306 g/mol. The van der Waals surface area contributed by atoms with Crippen molar-refractivity contribution in [2.24, 2.45) is 0 Å². The monoisotopic (exact) mass is 323 g/mol. The van der Waals surface area contributed by atoms with Crippen LogP contribution in [0.1, 0.15) is 25.3 Å². The number of benzene rings is 2. The maximum Gasteiger partial charge on any atom is 0.261 e. The van der Waals surface area contributed by atoms with Crippen LogP contribution >= 0.6 is 11.6 Å². The fraction of sp³-hybridized carbons (Fsp3) is 0.250. The topological polar surface area (TPSA) is 46.2 Å². The molecule has 3 nitrogen and oxygen atoms in total. The van der Waals surface area contributed by atoms with Crippen LogP contribution in [-0.2, 0) is 16.4 Å². The van der Waals surface area contributed by atoms with E-state index in [1.54, 1.807) is 36.4 Å². The summed E-state index contributed by atoms with van der Waals surface area (Å²) in [6, 6.07) is 13.6. The Morgan fingerprint density at radius 1 is 1.10 bits per heavy atom. The van der Waals surface area contributed by atoms with Crippen molar-refractivity contribution in [2.75, 3.05) is 4.72 Å². The van der Waals surface area contributed by atoms with Crippen molar-refractivity contribution in [1.82, 2.24) is 0 Å². The summed E-state index contributed by atoms with van der Waals surface area (Å²) in [4.78, 5) is 0.253. The third kappa shape index (κ3) is 4.48. The van der Waals surface area contributed by atoms with Gasteiger partial charge in [0.2, 0.25) is 0 Å². The number of hydrogen-bond donors (Lipinski definition) is 1. The van der Waals surface area contributed by atoms with Crippen LogP contribution in [0.3, 0.4) is 0 Å². The first kappa shape index (κ1) is 15.9. The van der Waals surface area contributed by atoms with Crippen molar-refractivity contribution in [3.8, 4) is 0 Å². The molecule has 0 atom stereocenters. The van der Waals surface area contributed by atoms with E-state index in [9.17, 15) is 8.42 Å². The molecule has 2 aromatic rings. The molecule has 0 saturated heterocycles. The van der Waals surface area contributed by atoms with Crippen LogP contribution in [0.15, 0.2) is 53.4 Å². The highest BCUT2D eigenvalue weighted by atomic mass is 35.5. The molecule has 0 fully saturated rings. The Balaban J connectivity index is 2.15. The first-order valence-electron chi connectivity index (χ1n) is 6.88. The number of rotatable bonds is 6. The summed E-state index contributed by atoms with van der Waals surface area (Å²) in [6.07, 6.45) is 3.20. The summed E-state index contributed by atoms with van der Waals surface area (Å²) in [5.41, 5.74) is 1.61. The van der Waals surface area contributed by atoms with Crippen molar-refractivity contribution in [2.45, 2.75) is 31.1 Å². The number of aryl methyl sites for hydroxylation is 1. The van der Waals surface area contributed by atoms with Crippen molar-refractivity contribution in [3.05, 3.63) is 59.1 Å². The van der Waals surface area contributed by atoms with Gasteiger partial charge in [-0.2, -0.15) is 0 Å². The molecule has 5 heteroatoms. The maximum atomic E-state index is 12.3. The Labute approximate surface area is 131 Å². The van der Waals surface area contributed by atoms with Crippen molar-refractivity contribution >= 4 is 27.3 Å². The van der Waals surface area contributed by atoms with Crippen molar-refractivity contribution < 1.29 is 8.42 Å². The van der Waals surface area contributed by atoms with Crippen LogP contribution < -0.4 is 4.72 Å².